The van der Waals surface area contributed by atoms with Crippen LogP contribution < -0.4 is 15.0 Å². The molecule has 1 N–H and O–H groups in total. The number of carbonyl (C=O) groups excluding carboxylic acids is 1. The van der Waals surface area contributed by atoms with Crippen molar-refractivity contribution in [2.24, 2.45) is 5.92 Å². The van der Waals surface area contributed by atoms with Gasteiger partial charge in [-0.15, -0.1) is 0 Å². The quantitative estimate of drug-likeness (QED) is 0.871. The maximum absolute atomic E-state index is 11.9. The molecule has 1 aliphatic heterocycles. The highest BCUT2D eigenvalue weighted by atomic mass is 16.5. The fourth-order valence-corrected chi connectivity index (χ4v) is 1.98. The molecule has 1 heterocycles. The van der Waals surface area contributed by atoms with Crippen molar-refractivity contribution in [1.82, 2.24) is 0 Å². The van der Waals surface area contributed by atoms with Gasteiger partial charge in [0, 0.05) is 12.6 Å². The Morgan fingerprint density at radius 1 is 1.47 bits per heavy atom. The molecule has 0 aliphatic carbocycles. The molecule has 0 unspecified atom stereocenters. The average Bonchev–Trinajstić information content (AvgIpc) is 2.32. The molecule has 0 aromatic heterocycles. The zero-order valence-electron chi connectivity index (χ0n) is 10.5. The van der Waals surface area contributed by atoms with Crippen molar-refractivity contribution in [2.45, 2.75) is 13.8 Å². The summed E-state index contributed by atoms with van der Waals surface area (Å²) in [4.78, 5) is 13.7. The van der Waals surface area contributed by atoms with E-state index in [1.54, 1.807) is 7.11 Å². The van der Waals surface area contributed by atoms with Crippen molar-refractivity contribution in [3.63, 3.8) is 0 Å². The minimum absolute atomic E-state index is 0.111. The van der Waals surface area contributed by atoms with E-state index >= 15 is 0 Å². The van der Waals surface area contributed by atoms with Gasteiger partial charge < -0.3 is 15.0 Å². The predicted molar refractivity (Wildman–Crippen MR) is 68.7 cm³/mol. The Kier molecular flexibility index (Phi) is 3.22. The molecule has 1 aliphatic rings. The summed E-state index contributed by atoms with van der Waals surface area (Å²) < 4.78 is 5.20. The van der Waals surface area contributed by atoms with Gasteiger partial charge in [0.2, 0.25) is 5.91 Å². The first kappa shape index (κ1) is 11.8. The van der Waals surface area contributed by atoms with Gasteiger partial charge in [0.05, 0.1) is 25.0 Å². The highest BCUT2D eigenvalue weighted by Crippen LogP contribution is 2.33. The van der Waals surface area contributed by atoms with Gasteiger partial charge in [-0.25, -0.2) is 0 Å². The van der Waals surface area contributed by atoms with Crippen LogP contribution in [-0.4, -0.2) is 26.1 Å². The second-order valence-corrected chi connectivity index (χ2v) is 4.63. The number of nitrogens with zero attached hydrogens (tertiary/aromatic N) is 1. The van der Waals surface area contributed by atoms with E-state index in [9.17, 15) is 4.79 Å². The minimum Gasteiger partial charge on any atom is -0.497 e. The Bertz CT molecular complexity index is 429. The van der Waals surface area contributed by atoms with Crippen LogP contribution in [0.5, 0.6) is 5.75 Å². The van der Waals surface area contributed by atoms with Gasteiger partial charge in [0.1, 0.15) is 5.75 Å². The maximum atomic E-state index is 11.9. The Labute approximate surface area is 102 Å². The van der Waals surface area contributed by atoms with Crippen molar-refractivity contribution in [3.8, 4) is 5.75 Å². The number of hydrogen-bond acceptors (Lipinski definition) is 3. The highest BCUT2D eigenvalue weighted by molar-refractivity contribution is 6.02. The lowest BCUT2D eigenvalue weighted by Crippen LogP contribution is -2.41. The standard InChI is InChI=1S/C13H18N2O2/c1-9(2)8-15-12-6-10(17-3)4-5-11(12)14-7-13(15)16/h4-6,9,14H,7-8H2,1-3H3. The number of rotatable bonds is 3. The Hall–Kier alpha value is -1.71. The summed E-state index contributed by atoms with van der Waals surface area (Å²) in [6, 6.07) is 5.75. The summed E-state index contributed by atoms with van der Waals surface area (Å²) >= 11 is 0. The Morgan fingerprint density at radius 3 is 2.88 bits per heavy atom. The number of hydrogen-bond donors (Lipinski definition) is 1. The average molecular weight is 234 g/mol. The molecule has 1 aromatic rings. The molecule has 92 valence electrons. The molecule has 0 saturated carbocycles. The molecular weight excluding hydrogens is 216 g/mol. The van der Waals surface area contributed by atoms with Gasteiger partial charge in [0.15, 0.2) is 0 Å². The summed E-state index contributed by atoms with van der Waals surface area (Å²) in [6.45, 7) is 5.32. The van der Waals surface area contributed by atoms with E-state index < -0.39 is 0 Å². The molecule has 4 heteroatoms. The topological polar surface area (TPSA) is 41.6 Å². The lowest BCUT2D eigenvalue weighted by Gasteiger charge is -2.31. The van der Waals surface area contributed by atoms with E-state index in [4.69, 9.17) is 4.74 Å². The van der Waals surface area contributed by atoms with Gasteiger partial charge in [-0.1, -0.05) is 13.8 Å². The van der Waals surface area contributed by atoms with E-state index in [1.807, 2.05) is 23.1 Å². The van der Waals surface area contributed by atoms with E-state index in [2.05, 4.69) is 19.2 Å². The second-order valence-electron chi connectivity index (χ2n) is 4.63. The molecule has 0 spiro atoms. The molecular formula is C13H18N2O2. The maximum Gasteiger partial charge on any atom is 0.246 e. The SMILES string of the molecule is COc1ccc2c(c1)N(CC(C)C)C(=O)CN2. The van der Waals surface area contributed by atoms with Gasteiger partial charge in [-0.2, -0.15) is 0 Å². The first-order valence-electron chi connectivity index (χ1n) is 5.84. The van der Waals surface area contributed by atoms with Gasteiger partial charge in [-0.3, -0.25) is 4.79 Å². The highest BCUT2D eigenvalue weighted by Gasteiger charge is 2.24. The first-order chi connectivity index (χ1) is 8.11. The number of ether oxygens (including phenoxy) is 1. The van der Waals surface area contributed by atoms with Crippen molar-refractivity contribution in [1.29, 1.82) is 0 Å². The largest absolute Gasteiger partial charge is 0.497 e. The predicted octanol–water partition coefficient (Wildman–Crippen LogP) is 2.11. The summed E-state index contributed by atoms with van der Waals surface area (Å²) in [5.41, 5.74) is 1.90. The number of fused-ring (bicyclic) bond motifs is 1. The van der Waals surface area contributed by atoms with Crippen LogP contribution in [0.1, 0.15) is 13.8 Å². The van der Waals surface area contributed by atoms with Crippen LogP contribution >= 0.6 is 0 Å². The normalized spacial score (nSPS) is 14.6. The Morgan fingerprint density at radius 2 is 2.24 bits per heavy atom. The van der Waals surface area contributed by atoms with Crippen molar-refractivity contribution >= 4 is 17.3 Å². The van der Waals surface area contributed by atoms with E-state index in [1.165, 1.54) is 0 Å². The molecule has 1 aromatic carbocycles. The fraction of sp³-hybridized carbons (Fsp3) is 0.462. The molecule has 0 radical (unpaired) electrons. The van der Waals surface area contributed by atoms with Crippen LogP contribution in [0.25, 0.3) is 0 Å². The minimum atomic E-state index is 0.111. The van der Waals surface area contributed by atoms with Crippen LogP contribution in [0.3, 0.4) is 0 Å². The molecule has 17 heavy (non-hydrogen) atoms. The summed E-state index contributed by atoms with van der Waals surface area (Å²) in [6.07, 6.45) is 0. The molecule has 0 bridgehead atoms. The fourth-order valence-electron chi connectivity index (χ4n) is 1.98. The van der Waals surface area contributed by atoms with Crippen molar-refractivity contribution in [2.75, 3.05) is 30.4 Å². The summed E-state index contributed by atoms with van der Waals surface area (Å²) in [5.74, 6) is 1.32. The van der Waals surface area contributed by atoms with Crippen LogP contribution in [0.2, 0.25) is 0 Å². The van der Waals surface area contributed by atoms with E-state index in [-0.39, 0.29) is 5.91 Å². The molecule has 0 saturated heterocycles. The van der Waals surface area contributed by atoms with E-state index in [0.29, 0.717) is 12.5 Å². The number of benzene rings is 1. The Balaban J connectivity index is 2.37. The zero-order chi connectivity index (χ0) is 12.4. The number of anilines is 2. The van der Waals surface area contributed by atoms with Crippen LogP contribution in [0.15, 0.2) is 18.2 Å². The van der Waals surface area contributed by atoms with Gasteiger partial charge in [-0.05, 0) is 18.1 Å². The van der Waals surface area contributed by atoms with Crippen molar-refractivity contribution in [3.05, 3.63) is 18.2 Å². The second kappa shape index (κ2) is 4.65. The van der Waals surface area contributed by atoms with Gasteiger partial charge in [0.25, 0.3) is 0 Å². The summed E-state index contributed by atoms with van der Waals surface area (Å²) in [5, 5.41) is 3.12. The van der Waals surface area contributed by atoms with Crippen LogP contribution in [0, 0.1) is 5.92 Å². The lowest BCUT2D eigenvalue weighted by molar-refractivity contribution is -0.117. The third-order valence-corrected chi connectivity index (χ3v) is 2.77. The molecule has 0 atom stereocenters. The number of carbonyl (C=O) groups is 1. The van der Waals surface area contributed by atoms with Crippen molar-refractivity contribution < 1.29 is 9.53 Å². The third-order valence-electron chi connectivity index (χ3n) is 2.77. The van der Waals surface area contributed by atoms with Crippen LogP contribution in [0.4, 0.5) is 11.4 Å². The van der Waals surface area contributed by atoms with Crippen LogP contribution in [-0.2, 0) is 4.79 Å². The smallest absolute Gasteiger partial charge is 0.246 e. The van der Waals surface area contributed by atoms with E-state index in [0.717, 1.165) is 23.7 Å². The molecule has 4 nitrogen and oxygen atoms in total. The zero-order valence-corrected chi connectivity index (χ0v) is 10.5. The summed E-state index contributed by atoms with van der Waals surface area (Å²) in [7, 11) is 1.63. The molecule has 0 fully saturated rings. The first-order valence-corrected chi connectivity index (χ1v) is 5.84. The monoisotopic (exact) mass is 234 g/mol. The lowest BCUT2D eigenvalue weighted by atomic mass is 10.1. The number of amides is 1. The number of methoxy groups -OCH3 is 1. The molecule has 1 amide bonds. The molecule has 2 rings (SSSR count). The number of nitrogens with one attached hydrogen (secondary N) is 1. The van der Waals surface area contributed by atoms with Gasteiger partial charge >= 0.3 is 0 Å². The third kappa shape index (κ3) is 2.35.